The molecule has 122 heavy (non-hydrogen) atoms. The molecule has 0 radical (unpaired) electrons. The van der Waals surface area contributed by atoms with Crippen LogP contribution in [0.4, 0.5) is 111 Å². The molecule has 0 aliphatic rings. The van der Waals surface area contributed by atoms with Crippen LogP contribution >= 0.6 is 74.4 Å². The van der Waals surface area contributed by atoms with E-state index in [1.807, 2.05) is 68.4 Å². The molecule has 40 heteroatoms. The molecular formula is C82H52Cl8F20N4O4Ti4. The van der Waals surface area contributed by atoms with Gasteiger partial charge in [0.1, 0.15) is 45.7 Å². The van der Waals surface area contributed by atoms with Crippen LogP contribution in [0.1, 0.15) is 63.9 Å². The van der Waals surface area contributed by atoms with Gasteiger partial charge in [-0.25, -0.2) is 108 Å². The number of aromatic hydroxyl groups is 4. The van der Waals surface area contributed by atoms with Crippen molar-refractivity contribution in [2.45, 2.75) is 40.0 Å². The molecular weight excluding hydrogens is 1960 g/mol. The summed E-state index contributed by atoms with van der Waals surface area (Å²) in [6, 6.07) is 50.3. The zero-order chi connectivity index (χ0) is 91.3. The molecule has 636 valence electrons. The van der Waals surface area contributed by atoms with Crippen LogP contribution in [0.5, 0.6) is 23.0 Å². The topological polar surface area (TPSA) is 130 Å². The Morgan fingerprint density at radius 2 is 0.533 bits per heavy atom. The molecule has 0 unspecified atom stereocenters. The molecule has 0 amide bonds. The number of halogens is 28. The second-order valence-corrected chi connectivity index (χ2v) is 34.9. The summed E-state index contributed by atoms with van der Waals surface area (Å²) in [7, 11) is 39.1. The van der Waals surface area contributed by atoms with Gasteiger partial charge in [0.25, 0.3) is 0 Å². The van der Waals surface area contributed by atoms with E-state index in [4.69, 9.17) is 74.4 Å². The number of phenols is 4. The van der Waals surface area contributed by atoms with Gasteiger partial charge < -0.3 is 20.4 Å². The summed E-state index contributed by atoms with van der Waals surface area (Å²) in [5.41, 5.74) is 1.72. The Morgan fingerprint density at radius 1 is 0.270 bits per heavy atom. The minimum absolute atomic E-state index is 0.0512. The van der Waals surface area contributed by atoms with Gasteiger partial charge >= 0.3 is 143 Å². The van der Waals surface area contributed by atoms with E-state index in [-0.39, 0.29) is 45.3 Å². The Bertz CT molecular complexity index is 5560. The Kier molecular flexibility index (Phi) is 43.3. The van der Waals surface area contributed by atoms with Gasteiger partial charge in [-0.2, -0.15) is 0 Å². The third-order valence-corrected chi connectivity index (χ3v) is 16.5. The van der Waals surface area contributed by atoms with Gasteiger partial charge in [0, 0.05) is 63.7 Å². The van der Waals surface area contributed by atoms with Crippen molar-refractivity contribution in [2.75, 3.05) is 0 Å². The van der Waals surface area contributed by atoms with Gasteiger partial charge in [-0.3, -0.25) is 0 Å². The monoisotopic (exact) mass is 2010 g/mol. The second kappa shape index (κ2) is 50.4. The molecule has 0 heterocycles. The van der Waals surface area contributed by atoms with Gasteiger partial charge in [0.05, 0.1) is 0 Å². The van der Waals surface area contributed by atoms with E-state index in [2.05, 4.69) is 20.0 Å². The van der Waals surface area contributed by atoms with E-state index in [0.29, 0.717) is 44.5 Å². The SMILES string of the molecule is Cc1cc(-c2ccccc2)cc(C=Nc2c(F)c(F)c(F)c(F)c2F)c1O.Cc1cc(C=Nc2c(F)c(F)c(F)c(F)c2F)c(O)c(-c2ccccc2)c1.Cc1cc(C=Nc2c(F)c(F)c(F)c(F)c2F)c(O)c(C(C)(C)c2ccccc2)c1.Oc1ccc(-c2ccccc2)cc1C=Nc1c(F)c(F)c(F)c(F)c1F.[Cl][Ti][Cl].[Cl][Ti][Cl].[Cl][Ti][Cl].[Cl][Ti][Cl]. The average molecular weight is 2010 g/mol. The van der Waals surface area contributed by atoms with Gasteiger partial charge in [-0.05, 0) is 113 Å². The van der Waals surface area contributed by atoms with E-state index in [1.165, 1.54) is 30.3 Å². The van der Waals surface area contributed by atoms with E-state index >= 15 is 0 Å². The number of nitrogens with zero attached hydrogens (tertiary/aromatic N) is 4. The number of rotatable bonds is 13. The first-order valence-electron chi connectivity index (χ1n) is 33.4. The molecule has 0 atom stereocenters. The normalized spacial score (nSPS) is 10.8. The fourth-order valence-corrected chi connectivity index (χ4v) is 10.7. The third kappa shape index (κ3) is 27.4. The molecule has 0 fully saturated rings. The Hall–Kier alpha value is -7.70. The van der Waals surface area contributed by atoms with Crippen LogP contribution in [-0.4, -0.2) is 45.3 Å². The minimum atomic E-state index is -2.26. The number of aliphatic imine (C=N–C) groups is 4. The first-order valence-corrected chi connectivity index (χ1v) is 50.6. The summed E-state index contributed by atoms with van der Waals surface area (Å²) in [6.45, 7) is 8.86. The van der Waals surface area contributed by atoms with Crippen molar-refractivity contribution in [1.29, 1.82) is 0 Å². The quantitative estimate of drug-likeness (QED) is 0.0301. The number of phenolic OH excluding ortho intramolecular Hbond substituents is 4. The zero-order valence-electron chi connectivity index (χ0n) is 62.2. The van der Waals surface area contributed by atoms with Gasteiger partial charge in [0.15, 0.2) is 93.1 Å². The van der Waals surface area contributed by atoms with Gasteiger partial charge in [-0.15, -0.1) is 0 Å². The molecule has 12 rings (SSSR count). The summed E-state index contributed by atoms with van der Waals surface area (Å²) in [6.07, 6.45) is 3.42. The second-order valence-electron chi connectivity index (χ2n) is 24.6. The van der Waals surface area contributed by atoms with Crippen molar-refractivity contribution < 1.29 is 176 Å². The van der Waals surface area contributed by atoms with Crippen LogP contribution in [0.15, 0.2) is 196 Å². The van der Waals surface area contributed by atoms with E-state index in [1.54, 1.807) is 112 Å². The predicted octanol–water partition coefficient (Wildman–Crippen LogP) is 29.1. The first kappa shape index (κ1) is 105. The molecule has 0 saturated carbocycles. The van der Waals surface area contributed by atoms with E-state index < -0.39 is 213 Å². The van der Waals surface area contributed by atoms with Crippen molar-refractivity contribution >= 4 is 122 Å². The van der Waals surface area contributed by atoms with Crippen molar-refractivity contribution in [3.05, 3.63) is 342 Å². The zero-order valence-corrected chi connectivity index (χ0v) is 74.5. The molecule has 0 bridgehead atoms. The van der Waals surface area contributed by atoms with Crippen molar-refractivity contribution in [2.24, 2.45) is 20.0 Å². The van der Waals surface area contributed by atoms with Crippen LogP contribution in [0.2, 0.25) is 0 Å². The summed E-state index contributed by atoms with van der Waals surface area (Å²) < 4.78 is 269. The number of benzene rings is 12. The van der Waals surface area contributed by atoms with Crippen molar-refractivity contribution in [3.8, 4) is 56.4 Å². The van der Waals surface area contributed by atoms with E-state index in [0.717, 1.165) is 41.5 Å². The van der Waals surface area contributed by atoms with Crippen LogP contribution in [-0.2, 0) is 73.5 Å². The van der Waals surface area contributed by atoms with Gasteiger partial charge in [-0.1, -0.05) is 147 Å². The molecule has 0 aromatic heterocycles. The first-order chi connectivity index (χ1) is 57.7. The van der Waals surface area contributed by atoms with Crippen LogP contribution < -0.4 is 0 Å². The number of hydrogen-bond donors (Lipinski definition) is 4. The molecule has 0 aliphatic carbocycles. The molecule has 0 spiro atoms. The molecule has 0 aliphatic heterocycles. The fraction of sp³-hybridized carbons (Fsp3) is 0.0732. The molecule has 12 aromatic carbocycles. The maximum atomic E-state index is 13.9. The summed E-state index contributed by atoms with van der Waals surface area (Å²) >= 11 is -2.22. The van der Waals surface area contributed by atoms with Crippen LogP contribution in [0.25, 0.3) is 33.4 Å². The van der Waals surface area contributed by atoms with E-state index in [9.17, 15) is 108 Å². The Balaban J connectivity index is 0.000000277. The predicted molar refractivity (Wildman–Crippen MR) is 422 cm³/mol. The number of hydrogen-bond acceptors (Lipinski definition) is 8. The fourth-order valence-electron chi connectivity index (χ4n) is 10.7. The van der Waals surface area contributed by atoms with Gasteiger partial charge in [0.2, 0.25) is 23.3 Å². The maximum absolute atomic E-state index is 13.9. The number of aryl methyl sites for hydroxylation is 3. The third-order valence-electron chi connectivity index (χ3n) is 16.5. The molecule has 8 nitrogen and oxygen atoms in total. The standard InChI is InChI=1S/C23H18F5NO.2C20H12F5NO.C19H10F5NO.8ClH.4Ti/c1-12-9-13(11-29-21-19(27)17(25)16(24)18(26)20(21)28)22(30)15(10-12)23(2,3)14-7-5-4-6-8-14;1-10-7-12(11-5-3-2-4-6-11)8-13(20(10)27)9-26-19-17(24)15(22)14(21)16(23)18(19)25;1-10-7-12(20(27)13(8-10)11-5-3-2-4-6-11)9-26-19-17(24)15(22)14(21)16(23)18(19)25;20-14-15(21)17(23)19(18(24)16(14)22)25-9-12-8-11(6-7-13(12)26)10-4-2-1-3-5-10;;;;;;;;;;;;/h4-11,30H,1-3H3;2*2-9,27H,1H3;1-9,26H;8*1H;;;;/q;;;;;;;;;;;;4*+2/p-8. The summed E-state index contributed by atoms with van der Waals surface area (Å²) in [5.74, 6) is -43.0. The van der Waals surface area contributed by atoms with Crippen molar-refractivity contribution in [1.82, 2.24) is 0 Å². The van der Waals surface area contributed by atoms with Crippen LogP contribution in [0.3, 0.4) is 0 Å². The summed E-state index contributed by atoms with van der Waals surface area (Å²) in [4.78, 5) is 13.6. The Morgan fingerprint density at radius 3 is 0.869 bits per heavy atom. The molecule has 4 N–H and O–H groups in total. The van der Waals surface area contributed by atoms with Crippen molar-refractivity contribution in [3.63, 3.8) is 0 Å². The van der Waals surface area contributed by atoms with Crippen LogP contribution in [0, 0.1) is 137 Å². The molecule has 0 saturated heterocycles. The Labute approximate surface area is 749 Å². The molecule has 12 aromatic rings. The average Bonchev–Trinajstić information content (AvgIpc) is 0.823. The summed E-state index contributed by atoms with van der Waals surface area (Å²) in [5, 5.41) is 41.3.